The smallest absolute Gasteiger partial charge is 0.0169 e. The van der Waals surface area contributed by atoms with Gasteiger partial charge in [-0.25, -0.2) is 0 Å². The maximum atomic E-state index is 2.45. The van der Waals surface area contributed by atoms with Crippen molar-refractivity contribution >= 4 is 9.52 Å². The molecule has 1 rings (SSSR count). The minimum atomic E-state index is 0.354. The molecule has 0 saturated heterocycles. The average Bonchev–Trinajstić information content (AvgIpc) is 2.17. The standard InChI is InChI=1S/C9H20Si/c1-10-8-9-6-4-2-3-5-7-9/h9H,2-8,10H2,1H3. The third-order valence-corrected chi connectivity index (χ3v) is 4.07. The van der Waals surface area contributed by atoms with Crippen LogP contribution in [-0.2, 0) is 0 Å². The second kappa shape index (κ2) is 4.95. The highest BCUT2D eigenvalue weighted by molar-refractivity contribution is 6.33. The van der Waals surface area contributed by atoms with Crippen LogP contribution in [0.5, 0.6) is 0 Å². The fourth-order valence-corrected chi connectivity index (χ4v) is 3.45. The molecular weight excluding hydrogens is 136 g/mol. The number of hydrogen-bond donors (Lipinski definition) is 0. The van der Waals surface area contributed by atoms with E-state index in [1.165, 1.54) is 25.7 Å². The maximum Gasteiger partial charge on any atom is 0.0169 e. The minimum absolute atomic E-state index is 0.354. The van der Waals surface area contributed by atoms with Crippen molar-refractivity contribution in [3.63, 3.8) is 0 Å². The molecule has 0 atom stereocenters. The Kier molecular flexibility index (Phi) is 4.11. The van der Waals surface area contributed by atoms with Gasteiger partial charge < -0.3 is 0 Å². The normalized spacial score (nSPS) is 23.7. The van der Waals surface area contributed by atoms with Crippen LogP contribution in [-0.4, -0.2) is 9.52 Å². The van der Waals surface area contributed by atoms with Crippen molar-refractivity contribution in [3.8, 4) is 0 Å². The van der Waals surface area contributed by atoms with E-state index in [0.717, 1.165) is 5.92 Å². The van der Waals surface area contributed by atoms with Crippen LogP contribution in [0.4, 0.5) is 0 Å². The Bertz CT molecular complexity index is 72.8. The first-order chi connectivity index (χ1) is 4.93. The van der Waals surface area contributed by atoms with Crippen molar-refractivity contribution in [2.24, 2.45) is 5.92 Å². The first kappa shape index (κ1) is 8.31. The van der Waals surface area contributed by atoms with Crippen LogP contribution in [0.25, 0.3) is 0 Å². The molecule has 0 aliphatic heterocycles. The van der Waals surface area contributed by atoms with Gasteiger partial charge in [-0.3, -0.25) is 0 Å². The molecule has 0 radical (unpaired) electrons. The van der Waals surface area contributed by atoms with Gasteiger partial charge in [0, 0.05) is 9.52 Å². The Morgan fingerprint density at radius 1 is 1.10 bits per heavy atom. The Labute approximate surface area is 67.2 Å². The predicted molar refractivity (Wildman–Crippen MR) is 50.4 cm³/mol. The Morgan fingerprint density at radius 3 is 2.20 bits per heavy atom. The van der Waals surface area contributed by atoms with Crippen molar-refractivity contribution in [1.29, 1.82) is 0 Å². The third kappa shape index (κ3) is 2.87. The van der Waals surface area contributed by atoms with Crippen LogP contribution in [0.2, 0.25) is 12.6 Å². The molecule has 0 aromatic carbocycles. The van der Waals surface area contributed by atoms with Crippen molar-refractivity contribution in [1.82, 2.24) is 0 Å². The maximum absolute atomic E-state index is 2.45. The monoisotopic (exact) mass is 156 g/mol. The van der Waals surface area contributed by atoms with E-state index in [1.807, 2.05) is 0 Å². The summed E-state index contributed by atoms with van der Waals surface area (Å²) in [6.45, 7) is 2.45. The molecule has 1 saturated carbocycles. The van der Waals surface area contributed by atoms with Gasteiger partial charge in [0.1, 0.15) is 0 Å². The third-order valence-electron chi connectivity index (χ3n) is 2.67. The molecule has 0 spiro atoms. The molecule has 0 nitrogen and oxygen atoms in total. The Morgan fingerprint density at radius 2 is 1.70 bits per heavy atom. The van der Waals surface area contributed by atoms with Crippen molar-refractivity contribution in [3.05, 3.63) is 0 Å². The summed E-state index contributed by atoms with van der Waals surface area (Å²) in [7, 11) is 0.354. The van der Waals surface area contributed by atoms with Gasteiger partial charge in [0.25, 0.3) is 0 Å². The lowest BCUT2D eigenvalue weighted by atomic mass is 10.0. The summed E-state index contributed by atoms with van der Waals surface area (Å²) >= 11 is 0. The summed E-state index contributed by atoms with van der Waals surface area (Å²) in [5.41, 5.74) is 0. The molecule has 10 heavy (non-hydrogen) atoms. The molecular formula is C9H20Si. The number of rotatable bonds is 2. The van der Waals surface area contributed by atoms with E-state index in [2.05, 4.69) is 6.55 Å². The van der Waals surface area contributed by atoms with Gasteiger partial charge in [-0.05, 0) is 5.92 Å². The van der Waals surface area contributed by atoms with Crippen molar-refractivity contribution in [2.45, 2.75) is 51.1 Å². The Balaban J connectivity index is 2.15. The quantitative estimate of drug-likeness (QED) is 0.426. The van der Waals surface area contributed by atoms with Gasteiger partial charge in [-0.1, -0.05) is 51.1 Å². The molecule has 1 fully saturated rings. The second-order valence-corrected chi connectivity index (χ2v) is 5.22. The summed E-state index contributed by atoms with van der Waals surface area (Å²) in [6.07, 6.45) is 9.20. The van der Waals surface area contributed by atoms with Gasteiger partial charge in [-0.2, -0.15) is 0 Å². The van der Waals surface area contributed by atoms with E-state index < -0.39 is 0 Å². The Hall–Kier alpha value is 0.217. The summed E-state index contributed by atoms with van der Waals surface area (Å²) in [6, 6.07) is 1.62. The minimum Gasteiger partial charge on any atom is -0.0748 e. The lowest BCUT2D eigenvalue weighted by molar-refractivity contribution is 0.503. The lowest BCUT2D eigenvalue weighted by Crippen LogP contribution is -2.00. The van der Waals surface area contributed by atoms with Gasteiger partial charge in [-0.15, -0.1) is 0 Å². The second-order valence-electron chi connectivity index (χ2n) is 3.65. The molecule has 0 N–H and O–H groups in total. The number of hydrogen-bond acceptors (Lipinski definition) is 0. The van der Waals surface area contributed by atoms with Gasteiger partial charge in [0.2, 0.25) is 0 Å². The van der Waals surface area contributed by atoms with Gasteiger partial charge in [0.15, 0.2) is 0 Å². The van der Waals surface area contributed by atoms with E-state index in [4.69, 9.17) is 0 Å². The molecule has 1 aliphatic rings. The fourth-order valence-electron chi connectivity index (χ4n) is 2.06. The van der Waals surface area contributed by atoms with E-state index >= 15 is 0 Å². The summed E-state index contributed by atoms with van der Waals surface area (Å²) in [4.78, 5) is 0. The van der Waals surface area contributed by atoms with E-state index in [-0.39, 0.29) is 0 Å². The predicted octanol–water partition coefficient (Wildman–Crippen LogP) is 2.59. The first-order valence-electron chi connectivity index (χ1n) is 4.93. The summed E-state index contributed by atoms with van der Waals surface area (Å²) < 4.78 is 0. The van der Waals surface area contributed by atoms with E-state index in [1.54, 1.807) is 18.9 Å². The zero-order chi connectivity index (χ0) is 7.23. The molecule has 0 aromatic rings. The highest BCUT2D eigenvalue weighted by Gasteiger charge is 2.10. The molecule has 0 unspecified atom stereocenters. The molecule has 0 heterocycles. The fraction of sp³-hybridized carbons (Fsp3) is 1.00. The van der Waals surface area contributed by atoms with Crippen LogP contribution in [0, 0.1) is 5.92 Å². The first-order valence-corrected chi connectivity index (χ1v) is 7.35. The summed E-state index contributed by atoms with van der Waals surface area (Å²) in [5.74, 6) is 1.15. The van der Waals surface area contributed by atoms with Crippen LogP contribution >= 0.6 is 0 Å². The van der Waals surface area contributed by atoms with Gasteiger partial charge >= 0.3 is 0 Å². The topological polar surface area (TPSA) is 0 Å². The molecule has 60 valence electrons. The molecule has 0 aromatic heterocycles. The average molecular weight is 156 g/mol. The molecule has 1 aliphatic carbocycles. The van der Waals surface area contributed by atoms with Gasteiger partial charge in [0.05, 0.1) is 0 Å². The van der Waals surface area contributed by atoms with E-state index in [9.17, 15) is 0 Å². The van der Waals surface area contributed by atoms with Crippen LogP contribution in [0.15, 0.2) is 0 Å². The zero-order valence-corrected chi connectivity index (χ0v) is 8.65. The molecule has 1 heteroatoms. The highest BCUT2D eigenvalue weighted by atomic mass is 28.2. The highest BCUT2D eigenvalue weighted by Crippen LogP contribution is 2.25. The summed E-state index contributed by atoms with van der Waals surface area (Å²) in [5, 5.41) is 0. The van der Waals surface area contributed by atoms with Crippen LogP contribution in [0.1, 0.15) is 38.5 Å². The van der Waals surface area contributed by atoms with E-state index in [0.29, 0.717) is 9.52 Å². The molecule has 0 amide bonds. The SMILES string of the molecule is C[SiH2]CC1CCCCCC1. The van der Waals surface area contributed by atoms with Crippen molar-refractivity contribution in [2.75, 3.05) is 0 Å². The zero-order valence-electron chi connectivity index (χ0n) is 7.23. The molecule has 0 bridgehead atoms. The van der Waals surface area contributed by atoms with Crippen LogP contribution in [0.3, 0.4) is 0 Å². The largest absolute Gasteiger partial charge is 0.0748 e. The van der Waals surface area contributed by atoms with Crippen molar-refractivity contribution < 1.29 is 0 Å². The van der Waals surface area contributed by atoms with Crippen LogP contribution < -0.4 is 0 Å². The lowest BCUT2D eigenvalue weighted by Gasteiger charge is -2.10.